The monoisotopic (exact) mass is 263 g/mol. The predicted octanol–water partition coefficient (Wildman–Crippen LogP) is 3.64. The van der Waals surface area contributed by atoms with Crippen molar-refractivity contribution in [1.29, 1.82) is 0 Å². The molecule has 0 aromatic heterocycles. The molecule has 1 unspecified atom stereocenters. The van der Waals surface area contributed by atoms with Gasteiger partial charge in [0.25, 0.3) is 0 Å². The van der Waals surface area contributed by atoms with Gasteiger partial charge in [0.1, 0.15) is 0 Å². The number of benzene rings is 1. The molecule has 0 saturated heterocycles. The van der Waals surface area contributed by atoms with Crippen LogP contribution < -0.4 is 5.32 Å². The molecule has 19 heavy (non-hydrogen) atoms. The van der Waals surface area contributed by atoms with Crippen LogP contribution in [0.15, 0.2) is 18.2 Å². The van der Waals surface area contributed by atoms with Crippen molar-refractivity contribution >= 4 is 0 Å². The lowest BCUT2D eigenvalue weighted by atomic mass is 10.0. The van der Waals surface area contributed by atoms with Crippen LogP contribution in [0.5, 0.6) is 0 Å². The van der Waals surface area contributed by atoms with E-state index in [1.165, 1.54) is 16.7 Å². The molecule has 0 radical (unpaired) electrons. The van der Waals surface area contributed by atoms with E-state index in [1.54, 1.807) is 0 Å². The molecule has 0 bridgehead atoms. The molecule has 1 rings (SSSR count). The molecule has 0 aliphatic heterocycles. The Labute approximate surface area is 118 Å². The van der Waals surface area contributed by atoms with Crippen LogP contribution in [-0.2, 0) is 11.2 Å². The number of aryl methyl sites for hydroxylation is 2. The van der Waals surface area contributed by atoms with E-state index in [4.69, 9.17) is 4.74 Å². The Morgan fingerprint density at radius 3 is 2.53 bits per heavy atom. The molecule has 0 aliphatic rings. The highest BCUT2D eigenvalue weighted by Gasteiger charge is 2.09. The number of hydrogen-bond acceptors (Lipinski definition) is 2. The van der Waals surface area contributed by atoms with E-state index >= 15 is 0 Å². The summed E-state index contributed by atoms with van der Waals surface area (Å²) in [5.41, 5.74) is 4.14. The van der Waals surface area contributed by atoms with Crippen LogP contribution in [0.1, 0.15) is 43.4 Å². The second-order valence-electron chi connectivity index (χ2n) is 5.35. The fraction of sp³-hybridized carbons (Fsp3) is 0.647. The summed E-state index contributed by atoms with van der Waals surface area (Å²) in [6, 6.07) is 7.18. The van der Waals surface area contributed by atoms with Crippen LogP contribution >= 0.6 is 0 Å². The average molecular weight is 263 g/mol. The molecule has 0 spiro atoms. The number of ether oxygens (including phenoxy) is 1. The molecule has 108 valence electrons. The molecule has 0 saturated carbocycles. The van der Waals surface area contributed by atoms with Crippen molar-refractivity contribution in [3.05, 3.63) is 34.9 Å². The Morgan fingerprint density at radius 2 is 1.89 bits per heavy atom. The molecule has 2 heteroatoms. The minimum absolute atomic E-state index is 0.425. The van der Waals surface area contributed by atoms with E-state index in [0.717, 1.165) is 39.0 Å². The molecule has 2 nitrogen and oxygen atoms in total. The minimum atomic E-state index is 0.425. The van der Waals surface area contributed by atoms with Gasteiger partial charge in [0.2, 0.25) is 0 Å². The maximum atomic E-state index is 5.71. The van der Waals surface area contributed by atoms with Gasteiger partial charge in [-0.2, -0.15) is 0 Å². The molecule has 0 heterocycles. The van der Waals surface area contributed by atoms with Crippen molar-refractivity contribution in [2.24, 2.45) is 0 Å². The van der Waals surface area contributed by atoms with Crippen LogP contribution in [-0.4, -0.2) is 25.8 Å². The fourth-order valence-electron chi connectivity index (χ4n) is 2.12. The molecule has 0 aliphatic carbocycles. The highest BCUT2D eigenvalue weighted by atomic mass is 16.5. The number of rotatable bonds is 9. The van der Waals surface area contributed by atoms with E-state index in [0.29, 0.717) is 6.04 Å². The molecule has 1 aromatic carbocycles. The summed E-state index contributed by atoms with van der Waals surface area (Å²) in [6.45, 7) is 11.4. The van der Waals surface area contributed by atoms with Gasteiger partial charge in [0.05, 0.1) is 6.61 Å². The quantitative estimate of drug-likeness (QED) is 0.687. The largest absolute Gasteiger partial charge is 0.380 e. The molecular weight excluding hydrogens is 234 g/mol. The Balaban J connectivity index is 2.56. The minimum Gasteiger partial charge on any atom is -0.380 e. The van der Waals surface area contributed by atoms with Gasteiger partial charge >= 0.3 is 0 Å². The first-order valence-electron chi connectivity index (χ1n) is 7.54. The number of hydrogen-bond donors (Lipinski definition) is 1. The first-order valence-corrected chi connectivity index (χ1v) is 7.54. The summed E-state index contributed by atoms with van der Waals surface area (Å²) in [6.07, 6.45) is 3.30. The van der Waals surface area contributed by atoms with Gasteiger partial charge in [-0.3, -0.25) is 0 Å². The molecule has 1 N–H and O–H groups in total. The van der Waals surface area contributed by atoms with Crippen LogP contribution in [0.2, 0.25) is 0 Å². The van der Waals surface area contributed by atoms with Crippen molar-refractivity contribution in [3.8, 4) is 0 Å². The summed E-state index contributed by atoms with van der Waals surface area (Å²) < 4.78 is 5.71. The second kappa shape index (κ2) is 9.11. The average Bonchev–Trinajstić information content (AvgIpc) is 2.40. The summed E-state index contributed by atoms with van der Waals surface area (Å²) in [4.78, 5) is 0. The lowest BCUT2D eigenvalue weighted by Gasteiger charge is -2.19. The zero-order valence-corrected chi connectivity index (χ0v) is 13.0. The maximum absolute atomic E-state index is 5.71. The fourth-order valence-corrected chi connectivity index (χ4v) is 2.12. The number of nitrogens with one attached hydrogen (secondary N) is 1. The summed E-state index contributed by atoms with van der Waals surface area (Å²) >= 11 is 0. The summed E-state index contributed by atoms with van der Waals surface area (Å²) in [5, 5.41) is 3.59. The van der Waals surface area contributed by atoms with E-state index in [-0.39, 0.29) is 0 Å². The molecule has 0 fully saturated rings. The van der Waals surface area contributed by atoms with Gasteiger partial charge in [0.15, 0.2) is 0 Å². The van der Waals surface area contributed by atoms with Gasteiger partial charge in [-0.1, -0.05) is 32.0 Å². The smallest absolute Gasteiger partial charge is 0.0622 e. The van der Waals surface area contributed by atoms with E-state index in [9.17, 15) is 0 Å². The Bertz CT molecular complexity index is 362. The van der Waals surface area contributed by atoms with Crippen molar-refractivity contribution < 1.29 is 4.74 Å². The molecular formula is C17H29NO. The van der Waals surface area contributed by atoms with Crippen molar-refractivity contribution in [2.45, 2.75) is 53.0 Å². The van der Waals surface area contributed by atoms with Crippen LogP contribution in [0, 0.1) is 13.8 Å². The zero-order chi connectivity index (χ0) is 14.1. The topological polar surface area (TPSA) is 21.3 Å². The van der Waals surface area contributed by atoms with Gasteiger partial charge < -0.3 is 10.1 Å². The van der Waals surface area contributed by atoms with Gasteiger partial charge in [-0.15, -0.1) is 0 Å². The first kappa shape index (κ1) is 16.2. The standard InChI is InChI=1S/C17H29NO/c1-5-9-18-17(13-19-10-6-2)12-16-8-7-14(3)15(4)11-16/h7-8,11,17-18H,5-6,9-10,12-13H2,1-4H3. The highest BCUT2D eigenvalue weighted by Crippen LogP contribution is 2.12. The van der Waals surface area contributed by atoms with Crippen molar-refractivity contribution in [2.75, 3.05) is 19.8 Å². The van der Waals surface area contributed by atoms with Crippen LogP contribution in [0.4, 0.5) is 0 Å². The SMILES string of the molecule is CCCNC(COCCC)Cc1ccc(C)c(C)c1. The molecule has 1 atom stereocenters. The highest BCUT2D eigenvalue weighted by molar-refractivity contribution is 5.30. The third kappa shape index (κ3) is 6.22. The van der Waals surface area contributed by atoms with Crippen molar-refractivity contribution in [3.63, 3.8) is 0 Å². The third-order valence-electron chi connectivity index (χ3n) is 3.40. The second-order valence-corrected chi connectivity index (χ2v) is 5.35. The van der Waals surface area contributed by atoms with Gasteiger partial charge in [-0.25, -0.2) is 0 Å². The van der Waals surface area contributed by atoms with E-state index < -0.39 is 0 Å². The molecule has 1 aromatic rings. The lowest BCUT2D eigenvalue weighted by Crippen LogP contribution is -2.36. The van der Waals surface area contributed by atoms with Gasteiger partial charge in [-0.05, 0) is 56.3 Å². The predicted molar refractivity (Wildman–Crippen MR) is 82.8 cm³/mol. The van der Waals surface area contributed by atoms with Crippen LogP contribution in [0.25, 0.3) is 0 Å². The van der Waals surface area contributed by atoms with Gasteiger partial charge in [0, 0.05) is 12.6 Å². The van der Waals surface area contributed by atoms with Crippen LogP contribution in [0.3, 0.4) is 0 Å². The van der Waals surface area contributed by atoms with Crippen molar-refractivity contribution in [1.82, 2.24) is 5.32 Å². The first-order chi connectivity index (χ1) is 9.17. The Hall–Kier alpha value is -0.860. The van der Waals surface area contributed by atoms with E-state index in [2.05, 4.69) is 51.2 Å². The maximum Gasteiger partial charge on any atom is 0.0622 e. The summed E-state index contributed by atoms with van der Waals surface area (Å²) in [5.74, 6) is 0. The third-order valence-corrected chi connectivity index (χ3v) is 3.40. The van der Waals surface area contributed by atoms with E-state index in [1.807, 2.05) is 0 Å². The summed E-state index contributed by atoms with van der Waals surface area (Å²) in [7, 11) is 0. The molecule has 0 amide bonds. The Morgan fingerprint density at radius 1 is 1.11 bits per heavy atom. The lowest BCUT2D eigenvalue weighted by molar-refractivity contribution is 0.111. The normalized spacial score (nSPS) is 12.6. The zero-order valence-electron chi connectivity index (χ0n) is 13.0. The Kier molecular flexibility index (Phi) is 7.76.